The molecule has 11 aromatic rings. The standard InChI is InChI=1S/C58H38N2S2/c61-54-24-8-5-21-51(54)59-43-29-31-47-49(35-43)58(46-20-12-16-38-14-3-4-19-45(38)46)48-32-30-44(60-52-22-6-9-25-55(52)62-56-26-10-7-23-53(56)60)36-50(48)57(47)42-18-11-17-40(34-42)41-28-27-37-13-1-2-15-39(37)33-41/h1-36,59,61H. The SMILES string of the molecule is Sc1ccccc1Nc1ccc2c(-c3cccc(-c4ccc5ccccc5c4)c3)c3cc(N4c5ccccc5Sc5ccccc54)ccc3c(-c3cccc4ccccc34)c2c1. The molecule has 1 N–H and O–H groups in total. The molecule has 0 fully saturated rings. The average Bonchev–Trinajstić information content (AvgIpc) is 3.33. The molecule has 0 spiro atoms. The largest absolute Gasteiger partial charge is 0.355 e. The van der Waals surface area contributed by atoms with Crippen molar-refractivity contribution in [1.29, 1.82) is 0 Å². The van der Waals surface area contributed by atoms with Gasteiger partial charge in [0.15, 0.2) is 0 Å². The van der Waals surface area contributed by atoms with E-state index in [1.54, 1.807) is 0 Å². The number of rotatable bonds is 6. The zero-order chi connectivity index (χ0) is 41.1. The number of para-hydroxylation sites is 3. The van der Waals surface area contributed by atoms with E-state index < -0.39 is 0 Å². The quantitative estimate of drug-likeness (QED) is 0.128. The summed E-state index contributed by atoms with van der Waals surface area (Å²) in [5.41, 5.74) is 12.6. The van der Waals surface area contributed by atoms with Gasteiger partial charge in [-0.25, -0.2) is 0 Å². The van der Waals surface area contributed by atoms with Gasteiger partial charge in [0.25, 0.3) is 0 Å². The summed E-state index contributed by atoms with van der Waals surface area (Å²) in [6.45, 7) is 0. The molecule has 0 radical (unpaired) electrons. The summed E-state index contributed by atoms with van der Waals surface area (Å²) in [6, 6.07) is 79.7. The van der Waals surface area contributed by atoms with Crippen molar-refractivity contribution in [3.63, 3.8) is 0 Å². The van der Waals surface area contributed by atoms with Crippen LogP contribution in [0.1, 0.15) is 0 Å². The van der Waals surface area contributed by atoms with Gasteiger partial charge in [0.05, 0.1) is 17.1 Å². The lowest BCUT2D eigenvalue weighted by Gasteiger charge is -2.33. The Hall–Kier alpha value is -7.24. The number of nitrogens with one attached hydrogen (secondary N) is 1. The lowest BCUT2D eigenvalue weighted by molar-refractivity contribution is 1.17. The zero-order valence-electron chi connectivity index (χ0n) is 33.6. The van der Waals surface area contributed by atoms with Crippen LogP contribution in [-0.2, 0) is 0 Å². The van der Waals surface area contributed by atoms with E-state index in [-0.39, 0.29) is 0 Å². The van der Waals surface area contributed by atoms with Crippen molar-refractivity contribution in [3.8, 4) is 33.4 Å². The van der Waals surface area contributed by atoms with E-state index in [0.29, 0.717) is 0 Å². The molecule has 4 heteroatoms. The van der Waals surface area contributed by atoms with E-state index in [2.05, 4.69) is 210 Å². The highest BCUT2D eigenvalue weighted by atomic mass is 32.2. The average molecular weight is 827 g/mol. The highest BCUT2D eigenvalue weighted by Crippen LogP contribution is 2.53. The van der Waals surface area contributed by atoms with E-state index in [1.165, 1.54) is 97.6 Å². The first kappa shape index (κ1) is 36.6. The fourth-order valence-corrected chi connectivity index (χ4v) is 10.7. The second kappa shape index (κ2) is 15.0. The molecule has 0 bridgehead atoms. The molecule has 0 aromatic heterocycles. The van der Waals surface area contributed by atoms with Crippen LogP contribution in [0.3, 0.4) is 0 Å². The van der Waals surface area contributed by atoms with E-state index in [1.807, 2.05) is 30.0 Å². The second-order valence-electron chi connectivity index (χ2n) is 15.9. The number of nitrogens with zero attached hydrogens (tertiary/aromatic N) is 1. The van der Waals surface area contributed by atoms with Crippen molar-refractivity contribution >= 4 is 95.9 Å². The van der Waals surface area contributed by atoms with Crippen molar-refractivity contribution in [3.05, 3.63) is 218 Å². The normalized spacial score (nSPS) is 12.2. The van der Waals surface area contributed by atoms with Gasteiger partial charge < -0.3 is 10.2 Å². The molecule has 2 nitrogen and oxygen atoms in total. The molecule has 1 heterocycles. The molecular formula is C58H38N2S2. The van der Waals surface area contributed by atoms with Gasteiger partial charge in [-0.3, -0.25) is 0 Å². The van der Waals surface area contributed by atoms with Crippen LogP contribution in [0.5, 0.6) is 0 Å². The molecule has 11 aromatic carbocycles. The lowest BCUT2D eigenvalue weighted by Crippen LogP contribution is -2.14. The van der Waals surface area contributed by atoms with Crippen molar-refractivity contribution in [2.75, 3.05) is 10.2 Å². The Balaban J connectivity index is 1.18. The summed E-state index contributed by atoms with van der Waals surface area (Å²) in [7, 11) is 0. The van der Waals surface area contributed by atoms with Gasteiger partial charge in [-0.15, -0.1) is 12.6 Å². The molecule has 0 amide bonds. The molecule has 0 atom stereocenters. The Morgan fingerprint density at radius 2 is 1.02 bits per heavy atom. The van der Waals surface area contributed by atoms with Crippen molar-refractivity contribution in [2.45, 2.75) is 14.7 Å². The third-order valence-electron chi connectivity index (χ3n) is 12.3. The summed E-state index contributed by atoms with van der Waals surface area (Å²) < 4.78 is 0. The Morgan fingerprint density at radius 1 is 0.387 bits per heavy atom. The lowest BCUT2D eigenvalue weighted by atomic mass is 9.83. The monoisotopic (exact) mass is 826 g/mol. The van der Waals surface area contributed by atoms with Gasteiger partial charge >= 0.3 is 0 Å². The van der Waals surface area contributed by atoms with Crippen LogP contribution in [0, 0.1) is 0 Å². The minimum atomic E-state index is 0.901. The first-order valence-electron chi connectivity index (χ1n) is 21.0. The Kier molecular flexibility index (Phi) is 8.88. The summed E-state index contributed by atoms with van der Waals surface area (Å²) in [4.78, 5) is 5.83. The topological polar surface area (TPSA) is 15.3 Å². The molecule has 292 valence electrons. The number of hydrogen-bond acceptors (Lipinski definition) is 4. The first-order valence-corrected chi connectivity index (χ1v) is 22.2. The fraction of sp³-hybridized carbons (Fsp3) is 0. The molecule has 1 aliphatic heterocycles. The van der Waals surface area contributed by atoms with E-state index in [4.69, 9.17) is 12.6 Å². The second-order valence-corrected chi connectivity index (χ2v) is 17.5. The minimum Gasteiger partial charge on any atom is -0.355 e. The maximum atomic E-state index is 4.81. The van der Waals surface area contributed by atoms with Gasteiger partial charge in [-0.2, -0.15) is 0 Å². The van der Waals surface area contributed by atoms with Gasteiger partial charge in [0, 0.05) is 26.1 Å². The van der Waals surface area contributed by atoms with Gasteiger partial charge in [-0.1, -0.05) is 157 Å². The van der Waals surface area contributed by atoms with Crippen molar-refractivity contribution in [2.24, 2.45) is 0 Å². The van der Waals surface area contributed by atoms with Crippen LogP contribution >= 0.6 is 24.4 Å². The Labute approximate surface area is 370 Å². The highest BCUT2D eigenvalue weighted by molar-refractivity contribution is 7.99. The molecule has 62 heavy (non-hydrogen) atoms. The number of fused-ring (bicyclic) bond motifs is 6. The molecule has 0 saturated heterocycles. The van der Waals surface area contributed by atoms with Crippen LogP contribution in [-0.4, -0.2) is 0 Å². The van der Waals surface area contributed by atoms with Gasteiger partial charge in [-0.05, 0) is 149 Å². The molecule has 0 aliphatic carbocycles. The Bertz CT molecular complexity index is 3520. The van der Waals surface area contributed by atoms with Gasteiger partial charge in [0.1, 0.15) is 0 Å². The van der Waals surface area contributed by atoms with Crippen LogP contribution in [0.15, 0.2) is 233 Å². The van der Waals surface area contributed by atoms with Crippen LogP contribution in [0.25, 0.3) is 76.5 Å². The van der Waals surface area contributed by atoms with Crippen LogP contribution in [0.4, 0.5) is 28.4 Å². The minimum absolute atomic E-state index is 0.901. The summed E-state index contributed by atoms with van der Waals surface area (Å²) in [6.07, 6.45) is 0. The number of hydrogen-bond donors (Lipinski definition) is 2. The van der Waals surface area contributed by atoms with Crippen molar-refractivity contribution < 1.29 is 0 Å². The third-order valence-corrected chi connectivity index (χ3v) is 13.8. The number of benzene rings is 11. The summed E-state index contributed by atoms with van der Waals surface area (Å²) in [5.74, 6) is 0. The Morgan fingerprint density at radius 3 is 1.85 bits per heavy atom. The number of thiol groups is 1. The van der Waals surface area contributed by atoms with E-state index in [0.717, 1.165) is 22.0 Å². The zero-order valence-corrected chi connectivity index (χ0v) is 35.3. The summed E-state index contributed by atoms with van der Waals surface area (Å²) in [5, 5.41) is 13.4. The maximum Gasteiger partial charge on any atom is 0.0601 e. The van der Waals surface area contributed by atoms with Crippen LogP contribution < -0.4 is 10.2 Å². The van der Waals surface area contributed by atoms with Crippen LogP contribution in [0.2, 0.25) is 0 Å². The predicted molar refractivity (Wildman–Crippen MR) is 269 cm³/mol. The first-order chi connectivity index (χ1) is 30.6. The molecule has 12 rings (SSSR count). The molecule has 1 aliphatic rings. The highest BCUT2D eigenvalue weighted by Gasteiger charge is 2.26. The van der Waals surface area contributed by atoms with E-state index >= 15 is 0 Å². The molecule has 0 unspecified atom stereocenters. The van der Waals surface area contributed by atoms with Crippen molar-refractivity contribution in [1.82, 2.24) is 0 Å². The third kappa shape index (κ3) is 6.22. The fourth-order valence-electron chi connectivity index (χ4n) is 9.42. The van der Waals surface area contributed by atoms with E-state index in [9.17, 15) is 0 Å². The predicted octanol–water partition coefficient (Wildman–Crippen LogP) is 17.3. The molecular weight excluding hydrogens is 789 g/mol. The maximum absolute atomic E-state index is 4.81. The van der Waals surface area contributed by atoms with Gasteiger partial charge in [0.2, 0.25) is 0 Å². The number of anilines is 5. The summed E-state index contributed by atoms with van der Waals surface area (Å²) >= 11 is 6.65. The smallest absolute Gasteiger partial charge is 0.0601 e. The molecule has 0 saturated carbocycles.